The fourth-order valence-corrected chi connectivity index (χ4v) is 4.74. The molecular weight excluding hydrogens is 478 g/mol. The largest absolute Gasteiger partial charge is 0.378 e. The molecule has 0 aliphatic heterocycles. The standard InChI is InChI=1S/C27H28ClN5OS/c1-17-11-13-22(14-12-17)29-16-24-31-32-27(33(24)23-10-6-9-21(28)15-23)35-20(4)26(34)30-25-18(2)7-5-8-19(25)3/h5-15,20,29H,16H2,1-4H3,(H,30,34). The number of hydrogen-bond donors (Lipinski definition) is 2. The minimum atomic E-state index is -0.394. The molecule has 4 aromatic rings. The second-order valence-electron chi connectivity index (χ2n) is 8.45. The van der Waals surface area contributed by atoms with Crippen LogP contribution in [0.3, 0.4) is 0 Å². The molecule has 1 unspecified atom stereocenters. The second-order valence-corrected chi connectivity index (χ2v) is 10.2. The summed E-state index contributed by atoms with van der Waals surface area (Å²) >= 11 is 7.65. The Balaban J connectivity index is 1.57. The molecule has 1 amide bonds. The Labute approximate surface area is 215 Å². The highest BCUT2D eigenvalue weighted by Gasteiger charge is 2.22. The SMILES string of the molecule is Cc1ccc(NCc2nnc(SC(C)C(=O)Nc3c(C)cccc3C)n2-c2cccc(Cl)c2)cc1. The first-order valence-electron chi connectivity index (χ1n) is 11.4. The van der Waals surface area contributed by atoms with E-state index in [0.717, 1.165) is 34.0 Å². The highest BCUT2D eigenvalue weighted by Crippen LogP contribution is 2.29. The number of thioether (sulfide) groups is 1. The molecule has 1 aromatic heterocycles. The third-order valence-corrected chi connectivity index (χ3v) is 6.93. The van der Waals surface area contributed by atoms with Crippen molar-refractivity contribution in [2.24, 2.45) is 0 Å². The Morgan fingerprint density at radius 2 is 1.69 bits per heavy atom. The van der Waals surface area contributed by atoms with Gasteiger partial charge in [0.05, 0.1) is 17.5 Å². The van der Waals surface area contributed by atoms with Crippen molar-refractivity contribution < 1.29 is 4.79 Å². The fourth-order valence-electron chi connectivity index (χ4n) is 3.67. The number of carbonyl (C=O) groups excluding carboxylic acids is 1. The Hall–Kier alpha value is -3.29. The summed E-state index contributed by atoms with van der Waals surface area (Å²) in [7, 11) is 0. The molecule has 0 fully saturated rings. The lowest BCUT2D eigenvalue weighted by Gasteiger charge is -2.16. The fraction of sp³-hybridized carbons (Fsp3) is 0.222. The molecule has 3 aromatic carbocycles. The molecule has 0 saturated heterocycles. The third-order valence-electron chi connectivity index (χ3n) is 5.65. The zero-order valence-electron chi connectivity index (χ0n) is 20.2. The van der Waals surface area contributed by atoms with Gasteiger partial charge in [0.2, 0.25) is 5.91 Å². The smallest absolute Gasteiger partial charge is 0.237 e. The van der Waals surface area contributed by atoms with Crippen molar-refractivity contribution in [3.05, 3.63) is 94.3 Å². The van der Waals surface area contributed by atoms with E-state index in [4.69, 9.17) is 11.6 Å². The average molecular weight is 506 g/mol. The lowest BCUT2D eigenvalue weighted by Crippen LogP contribution is -2.24. The summed E-state index contributed by atoms with van der Waals surface area (Å²) in [5, 5.41) is 16.2. The normalized spacial score (nSPS) is 11.8. The highest BCUT2D eigenvalue weighted by atomic mass is 35.5. The van der Waals surface area contributed by atoms with E-state index < -0.39 is 5.25 Å². The summed E-state index contributed by atoms with van der Waals surface area (Å²) in [6, 6.07) is 21.7. The van der Waals surface area contributed by atoms with Crippen LogP contribution in [0.5, 0.6) is 0 Å². The van der Waals surface area contributed by atoms with Crippen LogP contribution in [0.15, 0.2) is 71.9 Å². The molecule has 2 N–H and O–H groups in total. The lowest BCUT2D eigenvalue weighted by molar-refractivity contribution is -0.115. The number of carbonyl (C=O) groups is 1. The maximum Gasteiger partial charge on any atom is 0.237 e. The molecule has 6 nitrogen and oxygen atoms in total. The number of anilines is 2. The molecule has 0 radical (unpaired) electrons. The molecule has 1 heterocycles. The molecular formula is C27H28ClN5OS. The number of aryl methyl sites for hydroxylation is 3. The predicted molar refractivity (Wildman–Crippen MR) is 145 cm³/mol. The van der Waals surface area contributed by atoms with E-state index in [1.807, 2.05) is 79.9 Å². The van der Waals surface area contributed by atoms with E-state index in [0.29, 0.717) is 16.7 Å². The van der Waals surface area contributed by atoms with Gasteiger partial charge in [-0.25, -0.2) is 0 Å². The number of benzene rings is 3. The van der Waals surface area contributed by atoms with Crippen molar-refractivity contribution in [3.63, 3.8) is 0 Å². The second kappa shape index (κ2) is 11.0. The molecule has 0 saturated carbocycles. The van der Waals surface area contributed by atoms with Crippen molar-refractivity contribution in [2.75, 3.05) is 10.6 Å². The first-order chi connectivity index (χ1) is 16.8. The third kappa shape index (κ3) is 6.05. The van der Waals surface area contributed by atoms with Gasteiger partial charge in [-0.1, -0.05) is 65.3 Å². The topological polar surface area (TPSA) is 71.8 Å². The van der Waals surface area contributed by atoms with Gasteiger partial charge in [0.15, 0.2) is 11.0 Å². The van der Waals surface area contributed by atoms with Crippen molar-refractivity contribution >= 4 is 40.6 Å². The lowest BCUT2D eigenvalue weighted by atomic mass is 10.1. The molecule has 180 valence electrons. The van der Waals surface area contributed by atoms with Gasteiger partial charge in [-0.15, -0.1) is 10.2 Å². The van der Waals surface area contributed by atoms with Crippen LogP contribution in [-0.2, 0) is 11.3 Å². The van der Waals surface area contributed by atoms with E-state index >= 15 is 0 Å². The number of para-hydroxylation sites is 1. The van der Waals surface area contributed by atoms with Crippen LogP contribution in [-0.4, -0.2) is 25.9 Å². The Morgan fingerprint density at radius 3 is 2.37 bits per heavy atom. The number of amides is 1. The number of rotatable bonds is 8. The molecule has 0 aliphatic carbocycles. The summed E-state index contributed by atoms with van der Waals surface area (Å²) in [4.78, 5) is 13.0. The molecule has 0 bridgehead atoms. The van der Waals surface area contributed by atoms with Crippen LogP contribution in [0.1, 0.15) is 29.4 Å². The quantitative estimate of drug-likeness (QED) is 0.265. The molecule has 35 heavy (non-hydrogen) atoms. The van der Waals surface area contributed by atoms with Crippen LogP contribution in [0.25, 0.3) is 5.69 Å². The number of aromatic nitrogens is 3. The number of nitrogens with one attached hydrogen (secondary N) is 2. The minimum Gasteiger partial charge on any atom is -0.378 e. The van der Waals surface area contributed by atoms with Gasteiger partial charge in [-0.2, -0.15) is 0 Å². The van der Waals surface area contributed by atoms with Gasteiger partial charge in [-0.3, -0.25) is 9.36 Å². The van der Waals surface area contributed by atoms with E-state index in [1.54, 1.807) is 0 Å². The number of halogens is 1. The maximum atomic E-state index is 13.0. The maximum absolute atomic E-state index is 13.0. The molecule has 0 spiro atoms. The molecule has 8 heteroatoms. The van der Waals surface area contributed by atoms with Crippen LogP contribution in [0.4, 0.5) is 11.4 Å². The number of nitrogens with zero attached hydrogens (tertiary/aromatic N) is 3. The average Bonchev–Trinajstić information content (AvgIpc) is 3.23. The Kier molecular flexibility index (Phi) is 7.78. The van der Waals surface area contributed by atoms with Crippen molar-refractivity contribution in [1.29, 1.82) is 0 Å². The summed E-state index contributed by atoms with van der Waals surface area (Å²) in [6.07, 6.45) is 0. The first-order valence-corrected chi connectivity index (χ1v) is 12.6. The number of hydrogen-bond acceptors (Lipinski definition) is 5. The van der Waals surface area contributed by atoms with E-state index in [2.05, 4.69) is 39.9 Å². The molecule has 4 rings (SSSR count). The van der Waals surface area contributed by atoms with E-state index in [1.165, 1.54) is 17.3 Å². The van der Waals surface area contributed by atoms with Crippen LogP contribution >= 0.6 is 23.4 Å². The first kappa shape index (κ1) is 24.8. The summed E-state index contributed by atoms with van der Waals surface area (Å²) < 4.78 is 1.94. The van der Waals surface area contributed by atoms with Crippen molar-refractivity contribution in [1.82, 2.24) is 14.8 Å². The van der Waals surface area contributed by atoms with Gasteiger partial charge in [-0.05, 0) is 69.2 Å². The monoisotopic (exact) mass is 505 g/mol. The van der Waals surface area contributed by atoms with Gasteiger partial charge in [0, 0.05) is 16.4 Å². The molecule has 1 atom stereocenters. The predicted octanol–water partition coefficient (Wildman–Crippen LogP) is 6.58. The van der Waals surface area contributed by atoms with Crippen molar-refractivity contribution in [3.8, 4) is 5.69 Å². The summed E-state index contributed by atoms with van der Waals surface area (Å²) in [5.41, 5.74) is 5.94. The summed E-state index contributed by atoms with van der Waals surface area (Å²) in [5.74, 6) is 0.630. The van der Waals surface area contributed by atoms with Gasteiger partial charge >= 0.3 is 0 Å². The Bertz CT molecular complexity index is 1320. The Morgan fingerprint density at radius 1 is 1.00 bits per heavy atom. The molecule has 0 aliphatic rings. The summed E-state index contributed by atoms with van der Waals surface area (Å²) in [6.45, 7) is 8.37. The van der Waals surface area contributed by atoms with E-state index in [-0.39, 0.29) is 5.91 Å². The highest BCUT2D eigenvalue weighted by molar-refractivity contribution is 8.00. The zero-order chi connectivity index (χ0) is 24.9. The minimum absolute atomic E-state index is 0.0904. The van der Waals surface area contributed by atoms with E-state index in [9.17, 15) is 4.79 Å². The van der Waals surface area contributed by atoms with Gasteiger partial charge in [0.25, 0.3) is 0 Å². The van der Waals surface area contributed by atoms with Gasteiger partial charge < -0.3 is 10.6 Å². The van der Waals surface area contributed by atoms with Gasteiger partial charge in [0.1, 0.15) is 0 Å². The van der Waals surface area contributed by atoms with Crippen LogP contribution < -0.4 is 10.6 Å². The zero-order valence-corrected chi connectivity index (χ0v) is 21.7. The van der Waals surface area contributed by atoms with Crippen LogP contribution in [0.2, 0.25) is 5.02 Å². The van der Waals surface area contributed by atoms with Crippen molar-refractivity contribution in [2.45, 2.75) is 44.6 Å². The van der Waals surface area contributed by atoms with Crippen LogP contribution in [0, 0.1) is 20.8 Å².